The first-order valence-electron chi connectivity index (χ1n) is 7.02. The van der Waals surface area contributed by atoms with Gasteiger partial charge < -0.3 is 5.32 Å². The number of amides is 1. The van der Waals surface area contributed by atoms with Crippen molar-refractivity contribution >= 4 is 34.7 Å². The highest BCUT2D eigenvalue weighted by molar-refractivity contribution is 6.17. The lowest BCUT2D eigenvalue weighted by atomic mass is 10.1. The summed E-state index contributed by atoms with van der Waals surface area (Å²) in [6, 6.07) is 15.1. The highest BCUT2D eigenvalue weighted by Crippen LogP contribution is 2.16. The van der Waals surface area contributed by atoms with Crippen molar-refractivity contribution < 1.29 is 4.79 Å². The number of carbonyl (C=O) groups excluding carboxylic acids is 1. The lowest BCUT2D eigenvalue weighted by Crippen LogP contribution is -2.29. The van der Waals surface area contributed by atoms with Crippen LogP contribution in [0.4, 0.5) is 5.69 Å². The number of H-pyrrole nitrogens is 1. The average molecular weight is 304 g/mol. The first-order valence-corrected chi connectivity index (χ1v) is 7.02. The zero-order valence-electron chi connectivity index (χ0n) is 11.9. The Morgan fingerprint density at radius 3 is 2.83 bits per heavy atom. The minimum absolute atomic E-state index is 0.244. The molecule has 112 valence electrons. The average Bonchev–Trinajstić information content (AvgIpc) is 3.15. The van der Waals surface area contributed by atoms with Crippen LogP contribution in [0.1, 0.15) is 5.56 Å². The van der Waals surface area contributed by atoms with Gasteiger partial charge in [0, 0.05) is 5.69 Å². The number of benzene rings is 2. The van der Waals surface area contributed by atoms with E-state index >= 15 is 0 Å². The number of aliphatic imine (C=N–C) groups is 1. The molecule has 1 aliphatic heterocycles. The Morgan fingerprint density at radius 2 is 1.96 bits per heavy atom. The van der Waals surface area contributed by atoms with Gasteiger partial charge in [0.15, 0.2) is 0 Å². The molecule has 2 heterocycles. The van der Waals surface area contributed by atoms with Crippen LogP contribution in [0.3, 0.4) is 0 Å². The Balaban J connectivity index is 1.61. The summed E-state index contributed by atoms with van der Waals surface area (Å²) in [5, 5.41) is 16.2. The molecule has 7 nitrogen and oxygen atoms in total. The molecule has 0 aliphatic carbocycles. The number of nitrogens with zero attached hydrogens (tertiary/aromatic N) is 3. The number of hydrogen-bond donors (Lipinski definition) is 3. The van der Waals surface area contributed by atoms with E-state index in [0.29, 0.717) is 11.7 Å². The van der Waals surface area contributed by atoms with Crippen LogP contribution in [-0.4, -0.2) is 27.3 Å². The van der Waals surface area contributed by atoms with E-state index in [0.717, 1.165) is 22.3 Å². The van der Waals surface area contributed by atoms with Gasteiger partial charge in [-0.25, -0.2) is 4.99 Å². The molecular weight excluding hydrogens is 292 g/mol. The van der Waals surface area contributed by atoms with Crippen LogP contribution in [-0.2, 0) is 4.79 Å². The Bertz CT molecular complexity index is 941. The normalized spacial score (nSPS) is 15.7. The highest BCUT2D eigenvalue weighted by Gasteiger charge is 2.20. The summed E-state index contributed by atoms with van der Waals surface area (Å²) in [5.74, 6) is 0.169. The lowest BCUT2D eigenvalue weighted by Gasteiger charge is -2.03. The summed E-state index contributed by atoms with van der Waals surface area (Å²) in [4.78, 5) is 16.3. The topological polar surface area (TPSA) is 95.1 Å². The quantitative estimate of drug-likeness (QED) is 0.630. The van der Waals surface area contributed by atoms with Gasteiger partial charge in [0.25, 0.3) is 5.91 Å². The predicted molar refractivity (Wildman–Crippen MR) is 87.5 cm³/mol. The maximum Gasteiger partial charge on any atom is 0.276 e. The van der Waals surface area contributed by atoms with E-state index in [-0.39, 0.29) is 5.91 Å². The first-order chi connectivity index (χ1) is 11.3. The molecule has 0 saturated heterocycles. The number of fused-ring (bicyclic) bond motifs is 1. The van der Waals surface area contributed by atoms with E-state index in [1.54, 1.807) is 6.08 Å². The van der Waals surface area contributed by atoms with E-state index < -0.39 is 0 Å². The SMILES string of the molecule is O=C1NC(Nc2ccccc2)=NC1=Cc1ccc2nn[nH]c2c1. The molecule has 2 aromatic carbocycles. The third-order valence-electron chi connectivity index (χ3n) is 3.39. The minimum Gasteiger partial charge on any atom is -0.326 e. The van der Waals surface area contributed by atoms with Crippen molar-refractivity contribution in [3.05, 3.63) is 59.8 Å². The van der Waals surface area contributed by atoms with E-state index in [1.807, 2.05) is 48.5 Å². The number of aromatic amines is 1. The predicted octanol–water partition coefficient (Wildman–Crippen LogP) is 1.90. The Hall–Kier alpha value is -3.48. The summed E-state index contributed by atoms with van der Waals surface area (Å²) in [6.45, 7) is 0. The molecule has 0 unspecified atom stereocenters. The van der Waals surface area contributed by atoms with Gasteiger partial charge in [-0.3, -0.25) is 15.2 Å². The van der Waals surface area contributed by atoms with Crippen LogP contribution in [0.2, 0.25) is 0 Å². The molecule has 0 saturated carbocycles. The fourth-order valence-corrected chi connectivity index (χ4v) is 2.30. The maximum absolute atomic E-state index is 12.0. The number of para-hydroxylation sites is 1. The van der Waals surface area contributed by atoms with Crippen molar-refractivity contribution in [2.45, 2.75) is 0 Å². The molecule has 0 radical (unpaired) electrons. The van der Waals surface area contributed by atoms with Gasteiger partial charge in [-0.1, -0.05) is 29.5 Å². The van der Waals surface area contributed by atoms with Gasteiger partial charge in [-0.15, -0.1) is 5.10 Å². The molecule has 3 N–H and O–H groups in total. The van der Waals surface area contributed by atoms with Crippen LogP contribution >= 0.6 is 0 Å². The van der Waals surface area contributed by atoms with Crippen molar-refractivity contribution in [3.8, 4) is 0 Å². The van der Waals surface area contributed by atoms with E-state index in [2.05, 4.69) is 31.0 Å². The third kappa shape index (κ3) is 2.67. The van der Waals surface area contributed by atoms with Gasteiger partial charge in [0.1, 0.15) is 11.2 Å². The Morgan fingerprint density at radius 1 is 1.09 bits per heavy atom. The molecule has 1 aromatic heterocycles. The second kappa shape index (κ2) is 5.38. The molecular formula is C16H12N6O. The van der Waals surface area contributed by atoms with E-state index in [4.69, 9.17) is 0 Å². The summed E-state index contributed by atoms with van der Waals surface area (Å²) in [7, 11) is 0. The molecule has 0 fully saturated rings. The summed E-state index contributed by atoms with van der Waals surface area (Å²) >= 11 is 0. The van der Waals surface area contributed by atoms with Crippen LogP contribution in [0.15, 0.2) is 59.2 Å². The van der Waals surface area contributed by atoms with Crippen molar-refractivity contribution in [2.24, 2.45) is 4.99 Å². The number of rotatable bonds is 2. The molecule has 0 bridgehead atoms. The van der Waals surface area contributed by atoms with Crippen molar-refractivity contribution in [2.75, 3.05) is 5.32 Å². The second-order valence-electron chi connectivity index (χ2n) is 5.02. The molecule has 0 atom stereocenters. The monoisotopic (exact) mass is 304 g/mol. The van der Waals surface area contributed by atoms with E-state index in [1.165, 1.54) is 0 Å². The van der Waals surface area contributed by atoms with Crippen LogP contribution < -0.4 is 10.6 Å². The zero-order chi connectivity index (χ0) is 15.6. The fourth-order valence-electron chi connectivity index (χ4n) is 2.30. The minimum atomic E-state index is -0.244. The smallest absolute Gasteiger partial charge is 0.276 e. The summed E-state index contributed by atoms with van der Waals surface area (Å²) in [6.07, 6.45) is 1.72. The molecule has 23 heavy (non-hydrogen) atoms. The Labute approximate surface area is 131 Å². The number of guanidine groups is 1. The van der Waals surface area contributed by atoms with Gasteiger partial charge in [-0.05, 0) is 35.9 Å². The van der Waals surface area contributed by atoms with Crippen LogP contribution in [0, 0.1) is 0 Å². The van der Waals surface area contributed by atoms with Crippen molar-refractivity contribution in [1.29, 1.82) is 0 Å². The molecule has 0 spiro atoms. The van der Waals surface area contributed by atoms with Gasteiger partial charge in [0.2, 0.25) is 5.96 Å². The zero-order valence-corrected chi connectivity index (χ0v) is 11.9. The maximum atomic E-state index is 12.0. The molecule has 7 heteroatoms. The molecule has 1 amide bonds. The number of carbonyl (C=O) groups is 1. The summed E-state index contributed by atoms with van der Waals surface area (Å²) < 4.78 is 0. The standard InChI is InChI=1S/C16H12N6O/c23-15-14(9-10-6-7-12-13(8-10)21-22-20-12)18-16(19-15)17-11-4-2-1-3-5-11/h1-9H,(H,20,21,22)(H2,17,18,19,23). The summed E-state index contributed by atoms with van der Waals surface area (Å²) in [5.41, 5.74) is 3.63. The third-order valence-corrected chi connectivity index (χ3v) is 3.39. The Kier molecular flexibility index (Phi) is 3.09. The van der Waals surface area contributed by atoms with Crippen LogP contribution in [0.5, 0.6) is 0 Å². The molecule has 1 aliphatic rings. The lowest BCUT2D eigenvalue weighted by molar-refractivity contribution is -0.115. The fraction of sp³-hybridized carbons (Fsp3) is 0. The van der Waals surface area contributed by atoms with Gasteiger partial charge >= 0.3 is 0 Å². The van der Waals surface area contributed by atoms with Gasteiger partial charge in [0.05, 0.1) is 5.52 Å². The second-order valence-corrected chi connectivity index (χ2v) is 5.02. The number of nitrogens with one attached hydrogen (secondary N) is 3. The number of aromatic nitrogens is 3. The van der Waals surface area contributed by atoms with Crippen molar-refractivity contribution in [3.63, 3.8) is 0 Å². The van der Waals surface area contributed by atoms with Gasteiger partial charge in [-0.2, -0.15) is 0 Å². The number of hydrogen-bond acceptors (Lipinski definition) is 5. The first kappa shape index (κ1) is 13.2. The number of anilines is 1. The highest BCUT2D eigenvalue weighted by atomic mass is 16.2. The molecule has 3 aromatic rings. The van der Waals surface area contributed by atoms with Crippen molar-refractivity contribution in [1.82, 2.24) is 20.7 Å². The largest absolute Gasteiger partial charge is 0.326 e. The van der Waals surface area contributed by atoms with Crippen LogP contribution in [0.25, 0.3) is 17.1 Å². The van der Waals surface area contributed by atoms with E-state index in [9.17, 15) is 4.79 Å². The molecule has 4 rings (SSSR count).